The predicted molar refractivity (Wildman–Crippen MR) is 93.1 cm³/mol. The fourth-order valence-corrected chi connectivity index (χ4v) is 3.98. The van der Waals surface area contributed by atoms with Gasteiger partial charge in [-0.2, -0.15) is 0 Å². The maximum atomic E-state index is 12.7. The lowest BCUT2D eigenvalue weighted by Gasteiger charge is -2.25. The van der Waals surface area contributed by atoms with Crippen molar-refractivity contribution in [2.75, 3.05) is 25.5 Å². The molecule has 3 saturated carbocycles. The van der Waals surface area contributed by atoms with E-state index in [0.29, 0.717) is 24.2 Å². The van der Waals surface area contributed by atoms with Gasteiger partial charge in [-0.05, 0) is 50.2 Å². The molecule has 2 heterocycles. The van der Waals surface area contributed by atoms with Crippen molar-refractivity contribution in [1.82, 2.24) is 14.8 Å². The highest BCUT2D eigenvalue weighted by molar-refractivity contribution is 5.94. The van der Waals surface area contributed by atoms with E-state index >= 15 is 0 Å². The van der Waals surface area contributed by atoms with E-state index in [1.807, 2.05) is 29.0 Å². The van der Waals surface area contributed by atoms with E-state index in [9.17, 15) is 9.59 Å². The molecule has 0 spiro atoms. The number of pyridine rings is 1. The van der Waals surface area contributed by atoms with Crippen LogP contribution < -0.4 is 5.32 Å². The normalized spacial score (nSPS) is 32.1. The highest BCUT2D eigenvalue weighted by Crippen LogP contribution is 2.68. The van der Waals surface area contributed by atoms with Gasteiger partial charge < -0.3 is 15.1 Å². The third-order valence-corrected chi connectivity index (χ3v) is 6.34. The molecule has 1 saturated heterocycles. The average molecular weight is 340 g/mol. The van der Waals surface area contributed by atoms with Gasteiger partial charge in [0.1, 0.15) is 5.82 Å². The summed E-state index contributed by atoms with van der Waals surface area (Å²) in [5.41, 5.74) is 0.974. The molecule has 1 aromatic rings. The van der Waals surface area contributed by atoms with Gasteiger partial charge in [0.05, 0.1) is 11.6 Å². The topological polar surface area (TPSA) is 65.5 Å². The summed E-state index contributed by atoms with van der Waals surface area (Å²) < 4.78 is 0. The van der Waals surface area contributed by atoms with Crippen LogP contribution in [0.2, 0.25) is 0 Å². The predicted octanol–water partition coefficient (Wildman–Crippen LogP) is 1.74. The second-order valence-corrected chi connectivity index (χ2v) is 8.24. The molecule has 1 atom stereocenters. The van der Waals surface area contributed by atoms with Crippen LogP contribution in [0, 0.1) is 11.8 Å². The first-order chi connectivity index (χ1) is 12.1. The SMILES string of the molecule is CN(C(=O)C1CC1)C1CCN(C(=O)c2ccc(NC34CC3C4)nc2)C1. The summed E-state index contributed by atoms with van der Waals surface area (Å²) in [6.07, 6.45) is 7.10. The molecule has 4 fully saturated rings. The average Bonchev–Trinajstić information content (AvgIpc) is 3.54. The van der Waals surface area contributed by atoms with Crippen molar-refractivity contribution in [2.45, 2.75) is 43.7 Å². The third-order valence-electron chi connectivity index (χ3n) is 6.34. The summed E-state index contributed by atoms with van der Waals surface area (Å²) in [6.45, 7) is 1.33. The van der Waals surface area contributed by atoms with Crippen molar-refractivity contribution in [3.63, 3.8) is 0 Å². The van der Waals surface area contributed by atoms with Gasteiger partial charge in [-0.3, -0.25) is 9.59 Å². The molecule has 6 heteroatoms. The standard InChI is InChI=1S/C19H24N4O2/c1-22(17(24)12-2-3-12)15-6-7-23(11-15)18(25)13-4-5-16(20-10-13)21-19-8-14(19)9-19/h4-5,10,12,14-15H,2-3,6-9,11H2,1H3,(H,20,21). The van der Waals surface area contributed by atoms with E-state index < -0.39 is 0 Å². The van der Waals surface area contributed by atoms with E-state index in [-0.39, 0.29) is 23.8 Å². The van der Waals surface area contributed by atoms with Gasteiger partial charge >= 0.3 is 0 Å². The van der Waals surface area contributed by atoms with Gasteiger partial charge in [-0.25, -0.2) is 4.98 Å². The highest BCUT2D eigenvalue weighted by Gasteiger charge is 2.70. The largest absolute Gasteiger partial charge is 0.364 e. The second kappa shape index (κ2) is 5.19. The molecule has 0 aromatic carbocycles. The number of carbonyl (C=O) groups excluding carboxylic acids is 2. The highest BCUT2D eigenvalue weighted by atomic mass is 16.2. The monoisotopic (exact) mass is 340 g/mol. The lowest BCUT2D eigenvalue weighted by molar-refractivity contribution is -0.133. The minimum Gasteiger partial charge on any atom is -0.364 e. The van der Waals surface area contributed by atoms with Crippen LogP contribution in [0.5, 0.6) is 0 Å². The first-order valence-corrected chi connectivity index (χ1v) is 9.36. The molecule has 1 aliphatic heterocycles. The number of nitrogens with zero attached hydrogens (tertiary/aromatic N) is 3. The number of anilines is 1. The molecule has 0 bridgehead atoms. The van der Waals surface area contributed by atoms with Crippen LogP contribution in [0.15, 0.2) is 18.3 Å². The molecule has 3 aliphatic carbocycles. The minimum absolute atomic E-state index is 0.0164. The van der Waals surface area contributed by atoms with Crippen LogP contribution in [-0.4, -0.2) is 58.3 Å². The second-order valence-electron chi connectivity index (χ2n) is 8.24. The zero-order valence-electron chi connectivity index (χ0n) is 14.6. The molecule has 0 radical (unpaired) electrons. The Kier molecular flexibility index (Phi) is 3.15. The van der Waals surface area contributed by atoms with Crippen molar-refractivity contribution < 1.29 is 9.59 Å². The number of hydrogen-bond donors (Lipinski definition) is 1. The molecule has 132 valence electrons. The van der Waals surface area contributed by atoms with E-state index in [4.69, 9.17) is 0 Å². The van der Waals surface area contributed by atoms with E-state index in [0.717, 1.165) is 31.0 Å². The lowest BCUT2D eigenvalue weighted by Crippen LogP contribution is -2.40. The Hall–Kier alpha value is -2.11. The Bertz CT molecular complexity index is 721. The molecule has 2 amide bonds. The Morgan fingerprint density at radius 3 is 2.64 bits per heavy atom. The molecule has 6 nitrogen and oxygen atoms in total. The zero-order chi connectivity index (χ0) is 17.2. The quantitative estimate of drug-likeness (QED) is 0.887. The molecule has 1 aromatic heterocycles. The summed E-state index contributed by atoms with van der Waals surface area (Å²) >= 11 is 0. The van der Waals surface area contributed by atoms with Crippen molar-refractivity contribution in [1.29, 1.82) is 0 Å². The third kappa shape index (κ3) is 2.68. The zero-order valence-corrected chi connectivity index (χ0v) is 14.6. The van der Waals surface area contributed by atoms with Crippen molar-refractivity contribution in [3.8, 4) is 0 Å². The van der Waals surface area contributed by atoms with Crippen LogP contribution in [-0.2, 0) is 4.79 Å². The van der Waals surface area contributed by atoms with Crippen molar-refractivity contribution in [2.24, 2.45) is 11.8 Å². The van der Waals surface area contributed by atoms with Crippen molar-refractivity contribution in [3.05, 3.63) is 23.9 Å². The molecule has 1 N–H and O–H groups in total. The Morgan fingerprint density at radius 2 is 2.04 bits per heavy atom. The van der Waals surface area contributed by atoms with Gasteiger partial charge in [-0.15, -0.1) is 0 Å². The van der Waals surface area contributed by atoms with Crippen LogP contribution in [0.3, 0.4) is 0 Å². The fourth-order valence-electron chi connectivity index (χ4n) is 3.98. The molecular formula is C19H24N4O2. The Labute approximate surface area is 147 Å². The Balaban J connectivity index is 1.20. The van der Waals surface area contributed by atoms with Gasteiger partial charge in [0, 0.05) is 37.8 Å². The summed E-state index contributed by atoms with van der Waals surface area (Å²) in [4.78, 5) is 33.0. The number of nitrogens with one attached hydrogen (secondary N) is 1. The number of likely N-dealkylation sites (N-methyl/N-ethyl adjacent to an activating group) is 1. The molecule has 4 aliphatic rings. The van der Waals surface area contributed by atoms with Gasteiger partial charge in [0.15, 0.2) is 0 Å². The van der Waals surface area contributed by atoms with Crippen LogP contribution >= 0.6 is 0 Å². The van der Waals surface area contributed by atoms with E-state index in [2.05, 4.69) is 10.3 Å². The smallest absolute Gasteiger partial charge is 0.255 e. The Morgan fingerprint density at radius 1 is 1.28 bits per heavy atom. The number of rotatable bonds is 5. The van der Waals surface area contributed by atoms with Crippen molar-refractivity contribution >= 4 is 17.6 Å². The number of amides is 2. The first-order valence-electron chi connectivity index (χ1n) is 9.36. The number of fused-ring (bicyclic) bond motifs is 1. The van der Waals surface area contributed by atoms with Gasteiger partial charge in [0.2, 0.25) is 5.91 Å². The minimum atomic E-state index is 0.0164. The number of carbonyl (C=O) groups is 2. The van der Waals surface area contributed by atoms with Crippen LogP contribution in [0.4, 0.5) is 5.82 Å². The maximum absolute atomic E-state index is 12.7. The van der Waals surface area contributed by atoms with E-state index in [1.54, 1.807) is 6.20 Å². The van der Waals surface area contributed by atoms with Gasteiger partial charge in [0.25, 0.3) is 5.91 Å². The number of aromatic nitrogens is 1. The summed E-state index contributed by atoms with van der Waals surface area (Å²) in [5.74, 6) is 2.21. The number of likely N-dealkylation sites (tertiary alicyclic amines) is 1. The van der Waals surface area contributed by atoms with Crippen LogP contribution in [0.25, 0.3) is 0 Å². The fraction of sp³-hybridized carbons (Fsp3) is 0.632. The summed E-state index contributed by atoms with van der Waals surface area (Å²) in [6, 6.07) is 3.92. The maximum Gasteiger partial charge on any atom is 0.255 e. The van der Waals surface area contributed by atoms with Gasteiger partial charge in [-0.1, -0.05) is 0 Å². The van der Waals surface area contributed by atoms with E-state index in [1.165, 1.54) is 12.8 Å². The summed E-state index contributed by atoms with van der Waals surface area (Å²) in [7, 11) is 1.88. The first kappa shape index (κ1) is 15.2. The summed E-state index contributed by atoms with van der Waals surface area (Å²) in [5, 5.41) is 3.47. The molecular weight excluding hydrogens is 316 g/mol. The molecule has 1 unspecified atom stereocenters. The van der Waals surface area contributed by atoms with Crippen LogP contribution in [0.1, 0.15) is 42.5 Å². The molecule has 25 heavy (non-hydrogen) atoms. The lowest BCUT2D eigenvalue weighted by atomic mass is 10.2. The number of hydrogen-bond acceptors (Lipinski definition) is 4. The molecule has 5 rings (SSSR count).